The maximum atomic E-state index is 13.6. The normalized spacial score (nSPS) is 12.8. The van der Waals surface area contributed by atoms with Gasteiger partial charge in [0.25, 0.3) is 0 Å². The number of hydrogen-bond donors (Lipinski definition) is 1. The first-order chi connectivity index (χ1) is 7.67. The van der Waals surface area contributed by atoms with Crippen LogP contribution in [0.1, 0.15) is 12.5 Å². The highest BCUT2D eigenvalue weighted by atomic mass is 35.5. The molecule has 0 fully saturated rings. The average molecular weight is 262 g/mol. The van der Waals surface area contributed by atoms with Crippen molar-refractivity contribution >= 4 is 23.4 Å². The topological polar surface area (TPSA) is 12.0 Å². The fourth-order valence-corrected chi connectivity index (χ4v) is 2.42. The first kappa shape index (κ1) is 13.8. The van der Waals surface area contributed by atoms with Crippen LogP contribution in [0.25, 0.3) is 0 Å². The standard InChI is InChI=1S/C12H17ClFNS/c1-3-16-8-11(15-2)6-9-4-5-10(13)7-12(9)14/h4-5,7,11,15H,3,6,8H2,1-2H3. The van der Waals surface area contributed by atoms with Crippen molar-refractivity contribution in [3.8, 4) is 0 Å². The van der Waals surface area contributed by atoms with E-state index in [4.69, 9.17) is 11.6 Å². The first-order valence-corrected chi connectivity index (χ1v) is 6.89. The van der Waals surface area contributed by atoms with Crippen molar-refractivity contribution in [3.63, 3.8) is 0 Å². The van der Waals surface area contributed by atoms with Gasteiger partial charge in [0.15, 0.2) is 0 Å². The predicted molar refractivity (Wildman–Crippen MR) is 71.0 cm³/mol. The molecule has 0 aliphatic heterocycles. The summed E-state index contributed by atoms with van der Waals surface area (Å²) in [5, 5.41) is 3.66. The molecule has 0 spiro atoms. The number of benzene rings is 1. The van der Waals surface area contributed by atoms with E-state index in [0.717, 1.165) is 17.1 Å². The van der Waals surface area contributed by atoms with E-state index in [1.54, 1.807) is 12.1 Å². The molecule has 0 saturated heterocycles. The summed E-state index contributed by atoms with van der Waals surface area (Å²) in [5.74, 6) is 1.87. The lowest BCUT2D eigenvalue weighted by Gasteiger charge is -2.15. The van der Waals surface area contributed by atoms with Crippen molar-refractivity contribution in [2.24, 2.45) is 0 Å². The molecule has 1 aromatic carbocycles. The molecule has 0 radical (unpaired) electrons. The van der Waals surface area contributed by atoms with Crippen LogP contribution in [-0.2, 0) is 6.42 Å². The maximum Gasteiger partial charge on any atom is 0.127 e. The number of thioether (sulfide) groups is 1. The van der Waals surface area contributed by atoms with Gasteiger partial charge in [0.05, 0.1) is 0 Å². The lowest BCUT2D eigenvalue weighted by Crippen LogP contribution is -2.30. The third-order valence-electron chi connectivity index (χ3n) is 2.41. The second-order valence-electron chi connectivity index (χ2n) is 3.58. The summed E-state index contributed by atoms with van der Waals surface area (Å²) in [6.07, 6.45) is 0.701. The van der Waals surface area contributed by atoms with E-state index < -0.39 is 0 Å². The van der Waals surface area contributed by atoms with E-state index in [1.165, 1.54) is 6.07 Å². The van der Waals surface area contributed by atoms with E-state index in [2.05, 4.69) is 12.2 Å². The third kappa shape index (κ3) is 4.32. The van der Waals surface area contributed by atoms with Gasteiger partial charge in [-0.2, -0.15) is 11.8 Å². The van der Waals surface area contributed by atoms with Gasteiger partial charge >= 0.3 is 0 Å². The maximum absolute atomic E-state index is 13.6. The summed E-state index contributed by atoms with van der Waals surface area (Å²) >= 11 is 7.57. The molecule has 16 heavy (non-hydrogen) atoms. The molecule has 1 unspecified atom stereocenters. The van der Waals surface area contributed by atoms with Gasteiger partial charge in [-0.05, 0) is 36.9 Å². The van der Waals surface area contributed by atoms with Crippen molar-refractivity contribution in [2.75, 3.05) is 18.6 Å². The van der Waals surface area contributed by atoms with Gasteiger partial charge in [-0.15, -0.1) is 0 Å². The molecule has 90 valence electrons. The lowest BCUT2D eigenvalue weighted by molar-refractivity contribution is 0.568. The van der Waals surface area contributed by atoms with Crippen LogP contribution in [0.3, 0.4) is 0 Å². The fourth-order valence-electron chi connectivity index (χ4n) is 1.46. The Morgan fingerprint density at radius 1 is 1.50 bits per heavy atom. The van der Waals surface area contributed by atoms with Crippen molar-refractivity contribution in [2.45, 2.75) is 19.4 Å². The minimum absolute atomic E-state index is 0.214. The van der Waals surface area contributed by atoms with Crippen LogP contribution < -0.4 is 5.32 Å². The van der Waals surface area contributed by atoms with Crippen LogP contribution in [0.4, 0.5) is 4.39 Å². The molecular formula is C12H17ClFNS. The van der Waals surface area contributed by atoms with Gasteiger partial charge in [-0.25, -0.2) is 4.39 Å². The van der Waals surface area contributed by atoms with Crippen LogP contribution in [0, 0.1) is 5.82 Å². The summed E-state index contributed by atoms with van der Waals surface area (Å²) in [6.45, 7) is 2.13. The van der Waals surface area contributed by atoms with Gasteiger partial charge in [0.2, 0.25) is 0 Å². The summed E-state index contributed by atoms with van der Waals surface area (Å²) in [5.41, 5.74) is 0.723. The Morgan fingerprint density at radius 2 is 2.25 bits per heavy atom. The molecule has 0 aliphatic rings. The van der Waals surface area contributed by atoms with Crippen molar-refractivity contribution in [1.82, 2.24) is 5.32 Å². The Balaban J connectivity index is 2.62. The Kier molecular flexibility index (Phi) is 6.17. The van der Waals surface area contributed by atoms with Gasteiger partial charge in [-0.3, -0.25) is 0 Å². The zero-order valence-electron chi connectivity index (χ0n) is 9.59. The van der Waals surface area contributed by atoms with Gasteiger partial charge in [0.1, 0.15) is 5.82 Å². The molecule has 0 aromatic heterocycles. The van der Waals surface area contributed by atoms with Crippen LogP contribution in [0.5, 0.6) is 0 Å². The van der Waals surface area contributed by atoms with Crippen LogP contribution in [0.2, 0.25) is 5.02 Å². The molecule has 0 bridgehead atoms. The molecular weight excluding hydrogens is 245 g/mol. The largest absolute Gasteiger partial charge is 0.316 e. The minimum atomic E-state index is -0.214. The smallest absolute Gasteiger partial charge is 0.127 e. The number of hydrogen-bond acceptors (Lipinski definition) is 2. The highest BCUT2D eigenvalue weighted by molar-refractivity contribution is 7.99. The average Bonchev–Trinajstić information content (AvgIpc) is 2.27. The Morgan fingerprint density at radius 3 is 2.81 bits per heavy atom. The molecule has 1 N–H and O–H groups in total. The molecule has 1 aromatic rings. The van der Waals surface area contributed by atoms with Gasteiger partial charge < -0.3 is 5.32 Å². The predicted octanol–water partition coefficient (Wildman–Crippen LogP) is 3.36. The van der Waals surface area contributed by atoms with Crippen molar-refractivity contribution < 1.29 is 4.39 Å². The van der Waals surface area contributed by atoms with E-state index >= 15 is 0 Å². The molecule has 0 heterocycles. The summed E-state index contributed by atoms with van der Waals surface area (Å²) in [6, 6.07) is 5.18. The van der Waals surface area contributed by atoms with E-state index in [9.17, 15) is 4.39 Å². The summed E-state index contributed by atoms with van der Waals surface area (Å²) < 4.78 is 13.6. The molecule has 1 rings (SSSR count). The minimum Gasteiger partial charge on any atom is -0.316 e. The number of halogens is 2. The third-order valence-corrected chi connectivity index (χ3v) is 3.69. The Hall–Kier alpha value is -0.250. The quantitative estimate of drug-likeness (QED) is 0.843. The Labute approximate surface area is 106 Å². The zero-order valence-corrected chi connectivity index (χ0v) is 11.2. The second kappa shape index (κ2) is 7.15. The van der Waals surface area contributed by atoms with Gasteiger partial charge in [0, 0.05) is 16.8 Å². The van der Waals surface area contributed by atoms with Crippen molar-refractivity contribution in [3.05, 3.63) is 34.6 Å². The second-order valence-corrected chi connectivity index (χ2v) is 5.34. The van der Waals surface area contributed by atoms with E-state index in [-0.39, 0.29) is 5.82 Å². The highest BCUT2D eigenvalue weighted by Crippen LogP contribution is 2.17. The molecule has 4 heteroatoms. The van der Waals surface area contributed by atoms with E-state index in [0.29, 0.717) is 17.5 Å². The monoisotopic (exact) mass is 261 g/mol. The van der Waals surface area contributed by atoms with Crippen LogP contribution >= 0.6 is 23.4 Å². The van der Waals surface area contributed by atoms with Crippen LogP contribution in [0.15, 0.2) is 18.2 Å². The number of likely N-dealkylation sites (N-methyl/N-ethyl adjacent to an activating group) is 1. The van der Waals surface area contributed by atoms with E-state index in [1.807, 2.05) is 18.8 Å². The van der Waals surface area contributed by atoms with Crippen LogP contribution in [-0.4, -0.2) is 24.6 Å². The fraction of sp³-hybridized carbons (Fsp3) is 0.500. The molecule has 0 saturated carbocycles. The van der Waals surface area contributed by atoms with Crippen molar-refractivity contribution in [1.29, 1.82) is 0 Å². The Bertz CT molecular complexity index is 333. The molecule has 1 nitrogen and oxygen atoms in total. The lowest BCUT2D eigenvalue weighted by atomic mass is 10.1. The zero-order chi connectivity index (χ0) is 12.0. The number of rotatable bonds is 6. The SMILES string of the molecule is CCSCC(Cc1ccc(Cl)cc1F)NC. The highest BCUT2D eigenvalue weighted by Gasteiger charge is 2.10. The first-order valence-electron chi connectivity index (χ1n) is 5.36. The molecule has 0 aliphatic carbocycles. The van der Waals surface area contributed by atoms with Gasteiger partial charge in [-0.1, -0.05) is 24.6 Å². The summed E-state index contributed by atoms with van der Waals surface area (Å²) in [7, 11) is 1.91. The molecule has 1 atom stereocenters. The molecule has 0 amide bonds. The summed E-state index contributed by atoms with van der Waals surface area (Å²) in [4.78, 5) is 0. The number of nitrogens with one attached hydrogen (secondary N) is 1.